The van der Waals surface area contributed by atoms with Crippen molar-refractivity contribution in [2.75, 3.05) is 45.8 Å². The van der Waals surface area contributed by atoms with Crippen LogP contribution in [0.25, 0.3) is 0 Å². The van der Waals surface area contributed by atoms with Gasteiger partial charge in [-0.25, -0.2) is 0 Å². The topological polar surface area (TPSA) is 196 Å². The molecule has 3 aliphatic rings. The second-order valence-corrected chi connectivity index (χ2v) is 11.4. The lowest BCUT2D eigenvalue weighted by Crippen LogP contribution is -2.61. The van der Waals surface area contributed by atoms with Crippen LogP contribution in [-0.2, 0) is 24.0 Å². The highest BCUT2D eigenvalue weighted by molar-refractivity contribution is 5.77. The fourth-order valence-corrected chi connectivity index (χ4v) is 6.75. The van der Waals surface area contributed by atoms with E-state index in [-0.39, 0.29) is 39.0 Å². The zero-order valence-electron chi connectivity index (χ0n) is 21.1. The van der Waals surface area contributed by atoms with Crippen LogP contribution in [0.5, 0.6) is 0 Å². The Balaban J connectivity index is 1.90. The molecule has 1 heterocycles. The number of carboxylic acid groups (broad SMARTS) is 5. The van der Waals surface area contributed by atoms with Crippen LogP contribution >= 0.6 is 0 Å². The van der Waals surface area contributed by atoms with Crippen molar-refractivity contribution in [1.82, 2.24) is 14.7 Å². The molecule has 0 spiro atoms. The molecule has 2 aliphatic carbocycles. The summed E-state index contributed by atoms with van der Waals surface area (Å²) < 4.78 is 0. The number of fused-ring (bicyclic) bond motifs is 2. The Bertz CT molecular complexity index is 916. The first-order valence-corrected chi connectivity index (χ1v) is 12.5. The number of hydrogen-bond acceptors (Lipinski definition) is 8. The third-order valence-electron chi connectivity index (χ3n) is 8.66. The minimum atomic E-state index is -1.23. The lowest BCUT2D eigenvalue weighted by molar-refractivity contribution is -0.149. The van der Waals surface area contributed by atoms with Crippen LogP contribution in [0.1, 0.15) is 51.9 Å². The molecule has 2 atom stereocenters. The first-order valence-electron chi connectivity index (χ1n) is 12.5. The van der Waals surface area contributed by atoms with Gasteiger partial charge < -0.3 is 25.5 Å². The van der Waals surface area contributed by atoms with E-state index in [0.29, 0.717) is 38.6 Å². The van der Waals surface area contributed by atoms with Gasteiger partial charge in [-0.2, -0.15) is 0 Å². The van der Waals surface area contributed by atoms with Crippen molar-refractivity contribution >= 4 is 29.8 Å². The van der Waals surface area contributed by atoms with E-state index in [1.807, 2.05) is 4.90 Å². The Morgan fingerprint density at radius 1 is 0.838 bits per heavy atom. The summed E-state index contributed by atoms with van der Waals surface area (Å²) in [4.78, 5) is 63.7. The summed E-state index contributed by atoms with van der Waals surface area (Å²) >= 11 is 0. The Morgan fingerprint density at radius 3 is 1.89 bits per heavy atom. The minimum absolute atomic E-state index is 0.0637. The number of carbonyl (C=O) groups is 5. The van der Waals surface area contributed by atoms with Gasteiger partial charge in [0.15, 0.2) is 0 Å². The summed E-state index contributed by atoms with van der Waals surface area (Å²) in [6.45, 7) is 1.49. The van der Waals surface area contributed by atoms with Crippen molar-refractivity contribution in [1.29, 1.82) is 0 Å². The fourth-order valence-electron chi connectivity index (χ4n) is 6.75. The molecule has 2 saturated carbocycles. The first kappa shape index (κ1) is 28.8. The summed E-state index contributed by atoms with van der Waals surface area (Å²) in [5.41, 5.74) is -2.31. The molecule has 2 bridgehead atoms. The van der Waals surface area contributed by atoms with Crippen molar-refractivity contribution in [2.24, 2.45) is 10.8 Å². The molecule has 0 aromatic rings. The maximum Gasteiger partial charge on any atom is 0.320 e. The summed E-state index contributed by atoms with van der Waals surface area (Å²) in [5.74, 6) is -5.38. The molecule has 13 heteroatoms. The van der Waals surface area contributed by atoms with Crippen LogP contribution in [0.3, 0.4) is 0 Å². The first-order chi connectivity index (χ1) is 17.2. The van der Waals surface area contributed by atoms with E-state index in [4.69, 9.17) is 5.11 Å². The summed E-state index contributed by atoms with van der Waals surface area (Å²) in [6, 6.07) is -0.974. The van der Waals surface area contributed by atoms with Gasteiger partial charge >= 0.3 is 29.8 Å². The highest BCUT2D eigenvalue weighted by Crippen LogP contribution is 2.63. The van der Waals surface area contributed by atoms with Crippen LogP contribution in [0, 0.1) is 10.8 Å². The van der Waals surface area contributed by atoms with E-state index in [1.54, 1.807) is 11.8 Å². The SMILES string of the molecule is CC1(N(CC(=O)O)CC(=O)O)CN(CCC(=O)O)CCN([C@H](CC23CCC(C(=O)O)(CC2)C3)C(=O)O)C1. The Morgan fingerprint density at radius 2 is 1.43 bits per heavy atom. The van der Waals surface area contributed by atoms with Gasteiger partial charge in [0.25, 0.3) is 0 Å². The number of carboxylic acids is 5. The van der Waals surface area contributed by atoms with Gasteiger partial charge in [-0.15, -0.1) is 0 Å². The quantitative estimate of drug-likeness (QED) is 0.218. The molecule has 1 unspecified atom stereocenters. The van der Waals surface area contributed by atoms with Gasteiger partial charge in [-0.1, -0.05) is 0 Å². The number of rotatable bonds is 13. The zero-order valence-corrected chi connectivity index (χ0v) is 21.1. The molecule has 0 amide bonds. The van der Waals surface area contributed by atoms with Crippen LogP contribution in [0.4, 0.5) is 0 Å². The summed E-state index contributed by atoms with van der Waals surface area (Å²) in [7, 11) is 0. The van der Waals surface area contributed by atoms with E-state index < -0.39 is 65.3 Å². The maximum atomic E-state index is 12.6. The van der Waals surface area contributed by atoms with Gasteiger partial charge in [0.1, 0.15) is 6.04 Å². The van der Waals surface area contributed by atoms with Crippen molar-refractivity contribution in [2.45, 2.75) is 63.5 Å². The highest BCUT2D eigenvalue weighted by Gasteiger charge is 2.59. The average molecular weight is 528 g/mol. The van der Waals surface area contributed by atoms with Crippen LogP contribution in [-0.4, -0.2) is 127 Å². The molecule has 208 valence electrons. The minimum Gasteiger partial charge on any atom is -0.481 e. The molecule has 37 heavy (non-hydrogen) atoms. The van der Waals surface area contributed by atoms with Gasteiger partial charge in [0.05, 0.1) is 24.9 Å². The molecule has 3 fully saturated rings. The maximum absolute atomic E-state index is 12.6. The van der Waals surface area contributed by atoms with Crippen LogP contribution < -0.4 is 0 Å². The number of nitrogens with zero attached hydrogens (tertiary/aromatic N) is 3. The third-order valence-corrected chi connectivity index (χ3v) is 8.66. The standard InChI is InChI=1S/C24H37N3O10/c1-22(27(11-18(30)31)12-19(32)33)14-25(7-2-17(28)29)8-9-26(15-22)16(20(34)35)10-23-3-5-24(13-23,6-4-23)21(36)37/h16H,2-15H2,1H3,(H,28,29)(H,30,31)(H,32,33)(H,34,35)(H,36,37)/t16-,22?,23?,24?/m1/s1. The average Bonchev–Trinajstić information content (AvgIpc) is 3.29. The largest absolute Gasteiger partial charge is 0.481 e. The number of aliphatic carboxylic acids is 5. The van der Waals surface area contributed by atoms with Gasteiger partial charge in [0.2, 0.25) is 0 Å². The van der Waals surface area contributed by atoms with Crippen molar-refractivity contribution in [3.8, 4) is 0 Å². The van der Waals surface area contributed by atoms with Crippen molar-refractivity contribution < 1.29 is 49.5 Å². The second-order valence-electron chi connectivity index (χ2n) is 11.4. The Kier molecular flexibility index (Phi) is 8.50. The smallest absolute Gasteiger partial charge is 0.320 e. The monoisotopic (exact) mass is 527 g/mol. The molecule has 3 rings (SSSR count). The molecule has 0 radical (unpaired) electrons. The van der Waals surface area contributed by atoms with Gasteiger partial charge in [0, 0.05) is 38.3 Å². The van der Waals surface area contributed by atoms with E-state index in [2.05, 4.69) is 0 Å². The van der Waals surface area contributed by atoms with Crippen molar-refractivity contribution in [3.63, 3.8) is 0 Å². The molecule has 0 aromatic carbocycles. The molecule has 1 aliphatic heterocycles. The van der Waals surface area contributed by atoms with Crippen molar-refractivity contribution in [3.05, 3.63) is 0 Å². The van der Waals surface area contributed by atoms with E-state index in [9.17, 15) is 44.4 Å². The van der Waals surface area contributed by atoms with E-state index in [1.165, 1.54) is 4.90 Å². The lowest BCUT2D eigenvalue weighted by atomic mass is 9.77. The number of hydrogen-bond donors (Lipinski definition) is 5. The van der Waals surface area contributed by atoms with Crippen LogP contribution in [0.2, 0.25) is 0 Å². The Labute approximate surface area is 214 Å². The zero-order chi connectivity index (χ0) is 27.6. The predicted molar refractivity (Wildman–Crippen MR) is 127 cm³/mol. The van der Waals surface area contributed by atoms with Crippen LogP contribution in [0.15, 0.2) is 0 Å². The van der Waals surface area contributed by atoms with E-state index >= 15 is 0 Å². The van der Waals surface area contributed by atoms with E-state index in [0.717, 1.165) is 0 Å². The molecule has 0 aromatic heterocycles. The lowest BCUT2D eigenvalue weighted by Gasteiger charge is -2.44. The fraction of sp³-hybridized carbons (Fsp3) is 0.792. The Hall–Kier alpha value is -2.77. The molecular weight excluding hydrogens is 490 g/mol. The molecule has 5 N–H and O–H groups in total. The normalized spacial score (nSPS) is 31.2. The second kappa shape index (κ2) is 10.9. The summed E-state index contributed by atoms with van der Waals surface area (Å²) in [6.07, 6.45) is 2.79. The molecule has 1 saturated heterocycles. The predicted octanol–water partition coefficient (Wildman–Crippen LogP) is 0.187. The van der Waals surface area contributed by atoms with Gasteiger partial charge in [-0.3, -0.25) is 38.7 Å². The molecule has 13 nitrogen and oxygen atoms in total. The molecular formula is C24H37N3O10. The third kappa shape index (κ3) is 6.57. The highest BCUT2D eigenvalue weighted by atomic mass is 16.4. The van der Waals surface area contributed by atoms with Gasteiger partial charge in [-0.05, 0) is 50.9 Å². The summed E-state index contributed by atoms with van der Waals surface area (Å²) in [5, 5.41) is 48.1.